The molecule has 1 unspecified atom stereocenters. The number of nitrogens with one attached hydrogen (secondary N) is 1. The van der Waals surface area contributed by atoms with Gasteiger partial charge in [-0.15, -0.1) is 0 Å². The molecule has 5 nitrogen and oxygen atoms in total. The van der Waals surface area contributed by atoms with Gasteiger partial charge in [-0.2, -0.15) is 0 Å². The highest BCUT2D eigenvalue weighted by molar-refractivity contribution is 7.91. The van der Waals surface area contributed by atoms with E-state index in [1.807, 2.05) is 14.0 Å². The fourth-order valence-electron chi connectivity index (χ4n) is 2.88. The van der Waals surface area contributed by atoms with Crippen LogP contribution in [0.4, 0.5) is 0 Å². The number of furan rings is 1. The van der Waals surface area contributed by atoms with Gasteiger partial charge in [-0.1, -0.05) is 0 Å². The van der Waals surface area contributed by atoms with Gasteiger partial charge < -0.3 is 9.73 Å². The Morgan fingerprint density at radius 3 is 2.76 bits per heavy atom. The van der Waals surface area contributed by atoms with Gasteiger partial charge in [-0.05, 0) is 39.3 Å². The minimum absolute atomic E-state index is 0.119. The summed E-state index contributed by atoms with van der Waals surface area (Å²) in [5, 5.41) is 3.49. The largest absolute Gasteiger partial charge is 0.465 e. The van der Waals surface area contributed by atoms with Crippen LogP contribution in [0.1, 0.15) is 36.3 Å². The molecule has 0 spiro atoms. The predicted molar refractivity (Wildman–Crippen MR) is 81.8 cm³/mol. The van der Waals surface area contributed by atoms with E-state index in [1.54, 1.807) is 0 Å². The standard InChI is InChI=1S/C15H24N2O3S/c1-11-12(8-16-13-3-4-13)7-15(20-11)9-17(2)14-5-6-21(18,19)10-14/h7,13-14,16H,3-6,8-10H2,1-2H3. The fourth-order valence-corrected chi connectivity index (χ4v) is 4.69. The van der Waals surface area contributed by atoms with Crippen LogP contribution in [0.5, 0.6) is 0 Å². The maximum absolute atomic E-state index is 11.6. The van der Waals surface area contributed by atoms with E-state index in [-0.39, 0.29) is 11.8 Å². The average Bonchev–Trinajstić information content (AvgIpc) is 3.07. The van der Waals surface area contributed by atoms with Crippen LogP contribution in [0.25, 0.3) is 0 Å². The zero-order chi connectivity index (χ0) is 15.0. The summed E-state index contributed by atoms with van der Waals surface area (Å²) in [6.07, 6.45) is 3.29. The Kier molecular flexibility index (Phi) is 4.12. The Bertz CT molecular complexity index is 604. The monoisotopic (exact) mass is 312 g/mol. The average molecular weight is 312 g/mol. The van der Waals surface area contributed by atoms with Crippen molar-refractivity contribution < 1.29 is 12.8 Å². The first kappa shape index (κ1) is 15.1. The van der Waals surface area contributed by atoms with E-state index in [4.69, 9.17) is 4.42 Å². The highest BCUT2D eigenvalue weighted by atomic mass is 32.2. The van der Waals surface area contributed by atoms with Crippen LogP contribution in [-0.2, 0) is 22.9 Å². The molecule has 0 amide bonds. The van der Waals surface area contributed by atoms with Crippen molar-refractivity contribution in [3.63, 3.8) is 0 Å². The Balaban J connectivity index is 1.57. The van der Waals surface area contributed by atoms with E-state index in [9.17, 15) is 8.42 Å². The first-order chi connectivity index (χ1) is 9.93. The molecule has 21 heavy (non-hydrogen) atoms. The molecule has 118 valence electrons. The van der Waals surface area contributed by atoms with Crippen molar-refractivity contribution in [3.05, 3.63) is 23.2 Å². The molecular formula is C15H24N2O3S. The van der Waals surface area contributed by atoms with Crippen LogP contribution in [0.3, 0.4) is 0 Å². The molecule has 2 heterocycles. The van der Waals surface area contributed by atoms with Crippen molar-refractivity contribution in [1.82, 2.24) is 10.2 Å². The Labute approximate surface area is 126 Å². The molecule has 6 heteroatoms. The first-order valence-corrected chi connectivity index (χ1v) is 9.47. The summed E-state index contributed by atoms with van der Waals surface area (Å²) in [6, 6.07) is 2.91. The summed E-state index contributed by atoms with van der Waals surface area (Å²) in [6.45, 7) is 3.53. The van der Waals surface area contributed by atoms with Crippen LogP contribution in [0, 0.1) is 6.92 Å². The third-order valence-corrected chi connectivity index (χ3v) is 6.22. The van der Waals surface area contributed by atoms with Gasteiger partial charge in [-0.25, -0.2) is 8.42 Å². The van der Waals surface area contributed by atoms with Gasteiger partial charge in [0, 0.05) is 24.2 Å². The molecule has 1 aliphatic heterocycles. The first-order valence-electron chi connectivity index (χ1n) is 7.65. The number of nitrogens with zero attached hydrogens (tertiary/aromatic N) is 1. The Morgan fingerprint density at radius 2 is 2.14 bits per heavy atom. The molecule has 0 aromatic carbocycles. The zero-order valence-electron chi connectivity index (χ0n) is 12.8. The third-order valence-electron chi connectivity index (χ3n) is 4.47. The molecule has 3 rings (SSSR count). The SMILES string of the molecule is Cc1oc(CN(C)C2CCS(=O)(=O)C2)cc1CNC1CC1. The molecule has 1 aromatic heterocycles. The van der Waals surface area contributed by atoms with E-state index in [2.05, 4.69) is 16.3 Å². The normalized spacial score (nSPS) is 24.8. The maximum atomic E-state index is 11.6. The highest BCUT2D eigenvalue weighted by Crippen LogP contribution is 2.23. The highest BCUT2D eigenvalue weighted by Gasteiger charge is 2.31. The number of hydrogen-bond acceptors (Lipinski definition) is 5. The lowest BCUT2D eigenvalue weighted by Crippen LogP contribution is -2.31. The van der Waals surface area contributed by atoms with Crippen molar-refractivity contribution in [2.45, 2.75) is 51.4 Å². The van der Waals surface area contributed by atoms with E-state index >= 15 is 0 Å². The van der Waals surface area contributed by atoms with Crippen molar-refractivity contribution in [3.8, 4) is 0 Å². The lowest BCUT2D eigenvalue weighted by atomic mass is 10.2. The molecule has 1 saturated heterocycles. The summed E-state index contributed by atoms with van der Waals surface area (Å²) < 4.78 is 28.9. The number of hydrogen-bond donors (Lipinski definition) is 1. The van der Waals surface area contributed by atoms with Crippen LogP contribution in [0.2, 0.25) is 0 Å². The number of sulfone groups is 1. The van der Waals surface area contributed by atoms with Gasteiger partial charge in [0.1, 0.15) is 11.5 Å². The topological polar surface area (TPSA) is 62.6 Å². The maximum Gasteiger partial charge on any atom is 0.151 e. The summed E-state index contributed by atoms with van der Waals surface area (Å²) in [5.41, 5.74) is 1.21. The van der Waals surface area contributed by atoms with E-state index < -0.39 is 9.84 Å². The van der Waals surface area contributed by atoms with Gasteiger partial charge in [0.05, 0.1) is 18.1 Å². The minimum Gasteiger partial charge on any atom is -0.465 e. The third kappa shape index (κ3) is 3.87. The molecule has 1 N–H and O–H groups in total. The van der Waals surface area contributed by atoms with Gasteiger partial charge in [0.25, 0.3) is 0 Å². The van der Waals surface area contributed by atoms with E-state index in [0.717, 1.165) is 24.5 Å². The number of rotatable bonds is 6. The van der Waals surface area contributed by atoms with Crippen LogP contribution in [0.15, 0.2) is 10.5 Å². The lowest BCUT2D eigenvalue weighted by molar-refractivity contribution is 0.232. The molecular weight excluding hydrogens is 288 g/mol. The predicted octanol–water partition coefficient (Wildman–Crippen LogP) is 1.46. The molecule has 1 atom stereocenters. The minimum atomic E-state index is -2.83. The van der Waals surface area contributed by atoms with Crippen molar-refractivity contribution in [2.75, 3.05) is 18.6 Å². The second kappa shape index (κ2) is 5.74. The second-order valence-corrected chi connectivity index (χ2v) is 8.65. The summed E-state index contributed by atoms with van der Waals surface area (Å²) in [4.78, 5) is 2.10. The van der Waals surface area contributed by atoms with E-state index in [1.165, 1.54) is 18.4 Å². The van der Waals surface area contributed by atoms with Crippen molar-refractivity contribution in [2.24, 2.45) is 0 Å². The molecule has 1 aliphatic carbocycles. The van der Waals surface area contributed by atoms with Crippen molar-refractivity contribution >= 4 is 9.84 Å². The second-order valence-electron chi connectivity index (χ2n) is 6.42. The molecule has 0 radical (unpaired) electrons. The van der Waals surface area contributed by atoms with Gasteiger partial charge in [0.15, 0.2) is 9.84 Å². The van der Waals surface area contributed by atoms with Crippen LogP contribution < -0.4 is 5.32 Å². The van der Waals surface area contributed by atoms with Crippen LogP contribution in [-0.4, -0.2) is 44.0 Å². The molecule has 1 aromatic rings. The van der Waals surface area contributed by atoms with E-state index in [0.29, 0.717) is 18.3 Å². The molecule has 2 aliphatic rings. The summed E-state index contributed by atoms with van der Waals surface area (Å²) in [5.74, 6) is 2.48. The number of aryl methyl sites for hydroxylation is 1. The summed E-state index contributed by atoms with van der Waals surface area (Å²) >= 11 is 0. The quantitative estimate of drug-likeness (QED) is 0.861. The lowest BCUT2D eigenvalue weighted by Gasteiger charge is -2.21. The van der Waals surface area contributed by atoms with Gasteiger partial charge in [0.2, 0.25) is 0 Å². The molecule has 2 fully saturated rings. The molecule has 1 saturated carbocycles. The van der Waals surface area contributed by atoms with Gasteiger partial charge >= 0.3 is 0 Å². The smallest absolute Gasteiger partial charge is 0.151 e. The van der Waals surface area contributed by atoms with Crippen LogP contribution >= 0.6 is 0 Å². The zero-order valence-corrected chi connectivity index (χ0v) is 13.6. The van der Waals surface area contributed by atoms with Gasteiger partial charge in [-0.3, -0.25) is 4.90 Å². The Hall–Kier alpha value is -0.850. The molecule has 0 bridgehead atoms. The Morgan fingerprint density at radius 1 is 1.38 bits per heavy atom. The summed E-state index contributed by atoms with van der Waals surface area (Å²) in [7, 11) is -0.852. The fraction of sp³-hybridized carbons (Fsp3) is 0.733. The van der Waals surface area contributed by atoms with Crippen molar-refractivity contribution in [1.29, 1.82) is 0 Å².